The Balaban J connectivity index is 2.22. The standard InChI is InChI=1S/C16H9F2NO/c17-13-5-6-14(15(18)9-13)16(20)7-4-11-2-1-3-12(8-11)10-19/h1-9H/b7-4+. The van der Waals surface area contributed by atoms with Crippen molar-refractivity contribution in [2.75, 3.05) is 0 Å². The summed E-state index contributed by atoms with van der Waals surface area (Å²) in [7, 11) is 0. The average molecular weight is 269 g/mol. The number of halogens is 2. The number of nitrogens with zero attached hydrogens (tertiary/aromatic N) is 1. The molecule has 20 heavy (non-hydrogen) atoms. The minimum atomic E-state index is -0.898. The van der Waals surface area contributed by atoms with Crippen LogP contribution in [0.5, 0.6) is 0 Å². The fraction of sp³-hybridized carbons (Fsp3) is 0. The number of rotatable bonds is 3. The number of hydrogen-bond acceptors (Lipinski definition) is 2. The van der Waals surface area contributed by atoms with E-state index >= 15 is 0 Å². The quantitative estimate of drug-likeness (QED) is 0.629. The molecule has 0 saturated heterocycles. The van der Waals surface area contributed by atoms with Gasteiger partial charge in [0, 0.05) is 6.07 Å². The molecule has 0 atom stereocenters. The lowest BCUT2D eigenvalue weighted by atomic mass is 10.1. The largest absolute Gasteiger partial charge is 0.289 e. The monoisotopic (exact) mass is 269 g/mol. The van der Waals surface area contributed by atoms with Gasteiger partial charge in [0.05, 0.1) is 17.2 Å². The Morgan fingerprint density at radius 1 is 1.15 bits per heavy atom. The summed E-state index contributed by atoms with van der Waals surface area (Å²) in [5, 5.41) is 8.75. The highest BCUT2D eigenvalue weighted by molar-refractivity contribution is 6.06. The highest BCUT2D eigenvalue weighted by atomic mass is 19.1. The minimum absolute atomic E-state index is 0.195. The molecule has 0 aliphatic carbocycles. The Morgan fingerprint density at radius 3 is 2.65 bits per heavy atom. The second-order valence-corrected chi connectivity index (χ2v) is 4.06. The molecular weight excluding hydrogens is 260 g/mol. The third-order valence-electron chi connectivity index (χ3n) is 2.64. The first-order chi connectivity index (χ1) is 9.60. The van der Waals surface area contributed by atoms with Crippen molar-refractivity contribution in [1.29, 1.82) is 5.26 Å². The van der Waals surface area contributed by atoms with Gasteiger partial charge < -0.3 is 0 Å². The second-order valence-electron chi connectivity index (χ2n) is 4.06. The smallest absolute Gasteiger partial charge is 0.188 e. The Hall–Kier alpha value is -2.80. The van der Waals surface area contributed by atoms with E-state index in [0.717, 1.165) is 12.1 Å². The van der Waals surface area contributed by atoms with E-state index in [9.17, 15) is 13.6 Å². The fourth-order valence-corrected chi connectivity index (χ4v) is 1.66. The molecule has 0 fully saturated rings. The van der Waals surface area contributed by atoms with Crippen LogP contribution in [0.3, 0.4) is 0 Å². The van der Waals surface area contributed by atoms with E-state index < -0.39 is 17.4 Å². The van der Waals surface area contributed by atoms with Gasteiger partial charge in [0.1, 0.15) is 11.6 Å². The van der Waals surface area contributed by atoms with E-state index in [2.05, 4.69) is 0 Å². The normalized spacial score (nSPS) is 10.4. The topological polar surface area (TPSA) is 40.9 Å². The van der Waals surface area contributed by atoms with Crippen molar-refractivity contribution in [3.8, 4) is 6.07 Å². The van der Waals surface area contributed by atoms with Crippen molar-refractivity contribution in [2.45, 2.75) is 0 Å². The molecule has 4 heteroatoms. The zero-order chi connectivity index (χ0) is 14.5. The van der Waals surface area contributed by atoms with Crippen LogP contribution in [0.4, 0.5) is 8.78 Å². The summed E-state index contributed by atoms with van der Waals surface area (Å²) in [6.07, 6.45) is 2.67. The summed E-state index contributed by atoms with van der Waals surface area (Å²) >= 11 is 0. The Labute approximate surface area is 114 Å². The number of nitriles is 1. The van der Waals surface area contributed by atoms with Crippen LogP contribution in [0.1, 0.15) is 21.5 Å². The van der Waals surface area contributed by atoms with E-state index in [0.29, 0.717) is 17.2 Å². The predicted molar refractivity (Wildman–Crippen MR) is 70.9 cm³/mol. The molecular formula is C16H9F2NO. The molecule has 0 heterocycles. The van der Waals surface area contributed by atoms with Crippen LogP contribution in [0.2, 0.25) is 0 Å². The molecule has 2 nitrogen and oxygen atoms in total. The fourth-order valence-electron chi connectivity index (χ4n) is 1.66. The SMILES string of the molecule is N#Cc1cccc(/C=C/C(=O)c2ccc(F)cc2F)c1. The number of ketones is 1. The summed E-state index contributed by atoms with van der Waals surface area (Å²) in [6.45, 7) is 0. The lowest BCUT2D eigenvalue weighted by molar-refractivity contribution is 0.104. The van der Waals surface area contributed by atoms with E-state index in [1.54, 1.807) is 24.3 Å². The zero-order valence-electron chi connectivity index (χ0n) is 10.3. The maximum absolute atomic E-state index is 13.4. The van der Waals surface area contributed by atoms with E-state index in [1.807, 2.05) is 6.07 Å². The van der Waals surface area contributed by atoms with Crippen LogP contribution >= 0.6 is 0 Å². The van der Waals surface area contributed by atoms with Crippen LogP contribution in [0.15, 0.2) is 48.5 Å². The number of hydrogen-bond donors (Lipinski definition) is 0. The van der Waals surface area contributed by atoms with Gasteiger partial charge in [0.15, 0.2) is 5.78 Å². The first kappa shape index (κ1) is 13.6. The predicted octanol–water partition coefficient (Wildman–Crippen LogP) is 3.73. The van der Waals surface area contributed by atoms with Crippen LogP contribution in [0, 0.1) is 23.0 Å². The minimum Gasteiger partial charge on any atom is -0.289 e. The molecule has 2 aromatic carbocycles. The number of benzene rings is 2. The zero-order valence-corrected chi connectivity index (χ0v) is 10.3. The maximum atomic E-state index is 13.4. The lowest BCUT2D eigenvalue weighted by Gasteiger charge is -1.98. The molecule has 0 unspecified atom stereocenters. The molecule has 0 aliphatic rings. The first-order valence-electron chi connectivity index (χ1n) is 5.78. The molecule has 0 bridgehead atoms. The molecule has 98 valence electrons. The van der Waals surface area contributed by atoms with Crippen molar-refractivity contribution in [2.24, 2.45) is 0 Å². The summed E-state index contributed by atoms with van der Waals surface area (Å²) in [5.74, 6) is -2.19. The van der Waals surface area contributed by atoms with Crippen molar-refractivity contribution in [3.63, 3.8) is 0 Å². The number of allylic oxidation sites excluding steroid dienone is 1. The van der Waals surface area contributed by atoms with Gasteiger partial charge in [-0.2, -0.15) is 5.26 Å². The molecule has 2 rings (SSSR count). The van der Waals surface area contributed by atoms with Gasteiger partial charge in [-0.3, -0.25) is 4.79 Å². The maximum Gasteiger partial charge on any atom is 0.188 e. The third kappa shape index (κ3) is 3.15. The molecule has 2 aromatic rings. The van der Waals surface area contributed by atoms with Crippen LogP contribution in [-0.2, 0) is 0 Å². The van der Waals surface area contributed by atoms with Crippen molar-refractivity contribution in [3.05, 3.63) is 76.9 Å². The molecule has 0 spiro atoms. The van der Waals surface area contributed by atoms with Crippen LogP contribution in [-0.4, -0.2) is 5.78 Å². The summed E-state index contributed by atoms with van der Waals surface area (Å²) in [5.41, 5.74) is 0.923. The molecule has 0 aromatic heterocycles. The van der Waals surface area contributed by atoms with Gasteiger partial charge in [-0.25, -0.2) is 8.78 Å². The van der Waals surface area contributed by atoms with Crippen molar-refractivity contribution in [1.82, 2.24) is 0 Å². The van der Waals surface area contributed by atoms with E-state index in [1.165, 1.54) is 12.2 Å². The van der Waals surface area contributed by atoms with Gasteiger partial charge in [-0.1, -0.05) is 18.2 Å². The van der Waals surface area contributed by atoms with Gasteiger partial charge in [0.2, 0.25) is 0 Å². The van der Waals surface area contributed by atoms with Crippen molar-refractivity contribution >= 4 is 11.9 Å². The average Bonchev–Trinajstić information content (AvgIpc) is 2.45. The van der Waals surface area contributed by atoms with E-state index in [-0.39, 0.29) is 5.56 Å². The van der Waals surface area contributed by atoms with Gasteiger partial charge in [-0.15, -0.1) is 0 Å². The number of carbonyl (C=O) groups is 1. The highest BCUT2D eigenvalue weighted by Gasteiger charge is 2.09. The highest BCUT2D eigenvalue weighted by Crippen LogP contribution is 2.12. The van der Waals surface area contributed by atoms with Gasteiger partial charge in [-0.05, 0) is 35.9 Å². The Morgan fingerprint density at radius 2 is 1.95 bits per heavy atom. The molecule has 0 amide bonds. The van der Waals surface area contributed by atoms with Crippen molar-refractivity contribution < 1.29 is 13.6 Å². The summed E-state index contributed by atoms with van der Waals surface area (Å²) in [6, 6.07) is 11.4. The van der Waals surface area contributed by atoms with E-state index in [4.69, 9.17) is 5.26 Å². The first-order valence-corrected chi connectivity index (χ1v) is 5.78. The Kier molecular flexibility index (Phi) is 4.02. The molecule has 0 N–H and O–H groups in total. The van der Waals surface area contributed by atoms with Crippen LogP contribution in [0.25, 0.3) is 6.08 Å². The third-order valence-corrected chi connectivity index (χ3v) is 2.64. The number of carbonyl (C=O) groups excluding carboxylic acids is 1. The summed E-state index contributed by atoms with van der Waals surface area (Å²) in [4.78, 5) is 11.8. The molecule has 0 aliphatic heterocycles. The Bertz CT molecular complexity index is 729. The lowest BCUT2D eigenvalue weighted by Crippen LogP contribution is -1.99. The van der Waals surface area contributed by atoms with Crippen LogP contribution < -0.4 is 0 Å². The molecule has 0 saturated carbocycles. The van der Waals surface area contributed by atoms with Gasteiger partial charge in [0.25, 0.3) is 0 Å². The second kappa shape index (κ2) is 5.89. The summed E-state index contributed by atoms with van der Waals surface area (Å²) < 4.78 is 26.2. The molecule has 0 radical (unpaired) electrons. The van der Waals surface area contributed by atoms with Gasteiger partial charge >= 0.3 is 0 Å².